The Morgan fingerprint density at radius 3 is 2.71 bits per heavy atom. The summed E-state index contributed by atoms with van der Waals surface area (Å²) >= 11 is 0.829. The van der Waals surface area contributed by atoms with Crippen LogP contribution in [0.15, 0.2) is 28.6 Å². The van der Waals surface area contributed by atoms with E-state index in [1.54, 1.807) is 0 Å². The van der Waals surface area contributed by atoms with Crippen LogP contribution in [0.25, 0.3) is 0 Å². The highest BCUT2D eigenvalue weighted by Gasteiger charge is 2.43. The molecule has 8 nitrogen and oxygen atoms in total. The van der Waals surface area contributed by atoms with Crippen LogP contribution in [0.4, 0.5) is 5.13 Å². The number of sulfonamides is 1. The molecular weight excluding hydrogens is 400 g/mol. The number of aromatic nitrogens is 2. The van der Waals surface area contributed by atoms with Gasteiger partial charge in [0.15, 0.2) is 0 Å². The number of rotatable bonds is 4. The first-order valence-corrected chi connectivity index (χ1v) is 11.6. The van der Waals surface area contributed by atoms with Gasteiger partial charge in [-0.2, -0.15) is 0 Å². The summed E-state index contributed by atoms with van der Waals surface area (Å²) in [6.45, 7) is 1.33. The van der Waals surface area contributed by atoms with Crippen molar-refractivity contribution in [1.82, 2.24) is 14.9 Å². The highest BCUT2D eigenvalue weighted by atomic mass is 32.2. The SMILES string of the molecule is CC(=O)Nc1nnc(S(=O)(=O)N[C@@H]2CC3(CCCCC3)Oc3ccccc32)s1. The Kier molecular flexibility index (Phi) is 5.11. The molecule has 1 saturated carbocycles. The smallest absolute Gasteiger partial charge is 0.270 e. The molecule has 2 N–H and O–H groups in total. The second-order valence-electron chi connectivity index (χ2n) is 7.32. The molecule has 0 unspecified atom stereocenters. The van der Waals surface area contributed by atoms with E-state index in [9.17, 15) is 13.2 Å². The number of anilines is 1. The molecule has 0 saturated heterocycles. The van der Waals surface area contributed by atoms with Gasteiger partial charge in [-0.3, -0.25) is 4.79 Å². The summed E-state index contributed by atoms with van der Waals surface area (Å²) in [4.78, 5) is 11.1. The molecule has 1 aliphatic heterocycles. The Hall–Kier alpha value is -2.04. The average Bonchev–Trinajstić information content (AvgIpc) is 3.11. The van der Waals surface area contributed by atoms with Crippen LogP contribution in [0, 0.1) is 0 Å². The van der Waals surface area contributed by atoms with Crippen LogP contribution in [-0.2, 0) is 14.8 Å². The van der Waals surface area contributed by atoms with Gasteiger partial charge in [-0.1, -0.05) is 36.0 Å². The first kappa shape index (κ1) is 19.3. The van der Waals surface area contributed by atoms with Crippen LogP contribution in [-0.4, -0.2) is 30.1 Å². The number of carbonyl (C=O) groups is 1. The number of ether oxygens (including phenoxy) is 1. The molecule has 1 fully saturated rings. The first-order chi connectivity index (χ1) is 13.4. The molecule has 1 aliphatic carbocycles. The van der Waals surface area contributed by atoms with E-state index in [-0.39, 0.29) is 21.0 Å². The maximum Gasteiger partial charge on any atom is 0.270 e. The lowest BCUT2D eigenvalue weighted by atomic mass is 9.77. The standard InChI is InChI=1S/C18H22N4O4S2/c1-12(23)19-16-20-21-17(27-16)28(24,25)22-14-11-18(9-5-2-6-10-18)26-15-8-4-3-7-13(14)15/h3-4,7-8,14,22H,2,5-6,9-11H2,1H3,(H,19,20,23)/t14-/m1/s1. The fraction of sp³-hybridized carbons (Fsp3) is 0.500. The lowest BCUT2D eigenvalue weighted by Gasteiger charge is -2.44. The molecule has 28 heavy (non-hydrogen) atoms. The van der Waals surface area contributed by atoms with E-state index < -0.39 is 16.1 Å². The Bertz CT molecular complexity index is 983. The Balaban J connectivity index is 1.62. The molecule has 1 spiro atoms. The lowest BCUT2D eigenvalue weighted by Crippen LogP contribution is -2.46. The molecular formula is C18H22N4O4S2. The van der Waals surface area contributed by atoms with E-state index in [0.717, 1.165) is 48.3 Å². The van der Waals surface area contributed by atoms with E-state index >= 15 is 0 Å². The van der Waals surface area contributed by atoms with Crippen LogP contribution in [0.3, 0.4) is 0 Å². The molecule has 1 aromatic carbocycles. The van der Waals surface area contributed by atoms with Crippen LogP contribution >= 0.6 is 11.3 Å². The Labute approximate surface area is 167 Å². The van der Waals surface area contributed by atoms with Gasteiger partial charge in [0.2, 0.25) is 15.4 Å². The fourth-order valence-electron chi connectivity index (χ4n) is 3.98. The van der Waals surface area contributed by atoms with Crippen molar-refractivity contribution in [1.29, 1.82) is 0 Å². The molecule has 4 rings (SSSR count). The predicted molar refractivity (Wildman–Crippen MR) is 105 cm³/mol. The number of benzene rings is 1. The number of hydrogen-bond acceptors (Lipinski definition) is 7. The quantitative estimate of drug-likeness (QED) is 0.733. The minimum atomic E-state index is -3.88. The maximum absolute atomic E-state index is 12.9. The van der Waals surface area contributed by atoms with Crippen molar-refractivity contribution in [2.24, 2.45) is 0 Å². The normalized spacial score (nSPS) is 21.0. The number of hydrogen-bond donors (Lipinski definition) is 2. The molecule has 2 heterocycles. The van der Waals surface area contributed by atoms with Gasteiger partial charge in [-0.25, -0.2) is 13.1 Å². The van der Waals surface area contributed by atoms with Crippen molar-refractivity contribution in [3.8, 4) is 5.75 Å². The zero-order valence-electron chi connectivity index (χ0n) is 15.5. The van der Waals surface area contributed by atoms with Gasteiger partial charge in [-0.15, -0.1) is 10.2 Å². The van der Waals surface area contributed by atoms with Crippen LogP contribution < -0.4 is 14.8 Å². The Morgan fingerprint density at radius 1 is 1.21 bits per heavy atom. The molecule has 10 heteroatoms. The van der Waals surface area contributed by atoms with Gasteiger partial charge in [0.25, 0.3) is 10.0 Å². The van der Waals surface area contributed by atoms with Crippen molar-refractivity contribution in [2.45, 2.75) is 61.4 Å². The zero-order chi connectivity index (χ0) is 19.8. The molecule has 1 amide bonds. The van der Waals surface area contributed by atoms with Gasteiger partial charge in [0, 0.05) is 18.9 Å². The summed E-state index contributed by atoms with van der Waals surface area (Å²) < 4.78 is 34.8. The topological polar surface area (TPSA) is 110 Å². The molecule has 2 aliphatic rings. The molecule has 150 valence electrons. The van der Waals surface area contributed by atoms with Crippen LogP contribution in [0.5, 0.6) is 5.75 Å². The summed E-state index contributed by atoms with van der Waals surface area (Å²) in [5.41, 5.74) is 0.497. The number of carbonyl (C=O) groups excluding carboxylic acids is 1. The summed E-state index contributed by atoms with van der Waals surface area (Å²) in [5.74, 6) is 0.408. The van der Waals surface area contributed by atoms with Crippen molar-refractivity contribution in [3.63, 3.8) is 0 Å². The number of nitrogens with one attached hydrogen (secondary N) is 2. The van der Waals surface area contributed by atoms with E-state index in [2.05, 4.69) is 20.2 Å². The van der Waals surface area contributed by atoms with E-state index in [1.807, 2.05) is 24.3 Å². The molecule has 0 bridgehead atoms. The van der Waals surface area contributed by atoms with Crippen LogP contribution in [0.2, 0.25) is 0 Å². The second-order valence-corrected chi connectivity index (χ2v) is 10.2. The van der Waals surface area contributed by atoms with Gasteiger partial charge in [-0.05, 0) is 31.7 Å². The lowest BCUT2D eigenvalue weighted by molar-refractivity contribution is -0.114. The van der Waals surface area contributed by atoms with Crippen molar-refractivity contribution < 1.29 is 17.9 Å². The predicted octanol–water partition coefficient (Wildman–Crippen LogP) is 3.00. The van der Waals surface area contributed by atoms with Crippen molar-refractivity contribution in [3.05, 3.63) is 29.8 Å². The molecule has 1 aromatic heterocycles. The third-order valence-electron chi connectivity index (χ3n) is 5.18. The molecule has 0 radical (unpaired) electrons. The molecule has 2 aromatic rings. The maximum atomic E-state index is 12.9. The second kappa shape index (κ2) is 7.41. The van der Waals surface area contributed by atoms with Crippen molar-refractivity contribution in [2.75, 3.05) is 5.32 Å². The number of amides is 1. The fourth-order valence-corrected chi connectivity index (χ4v) is 6.16. The average molecular weight is 423 g/mol. The Morgan fingerprint density at radius 2 is 1.96 bits per heavy atom. The summed E-state index contributed by atoms with van der Waals surface area (Å²) in [5, 5.41) is 10.1. The minimum absolute atomic E-state index is 0.156. The van der Waals surface area contributed by atoms with Gasteiger partial charge < -0.3 is 10.1 Å². The highest BCUT2D eigenvalue weighted by molar-refractivity contribution is 7.91. The summed E-state index contributed by atoms with van der Waals surface area (Å²) in [6, 6.07) is 7.16. The summed E-state index contributed by atoms with van der Waals surface area (Å²) in [6.07, 6.45) is 5.77. The van der Waals surface area contributed by atoms with E-state index in [1.165, 1.54) is 13.3 Å². The van der Waals surface area contributed by atoms with Gasteiger partial charge in [0.05, 0.1) is 6.04 Å². The summed E-state index contributed by atoms with van der Waals surface area (Å²) in [7, 11) is -3.88. The zero-order valence-corrected chi connectivity index (χ0v) is 17.1. The minimum Gasteiger partial charge on any atom is -0.487 e. The number of nitrogens with zero attached hydrogens (tertiary/aromatic N) is 2. The first-order valence-electron chi connectivity index (χ1n) is 9.28. The number of para-hydroxylation sites is 1. The van der Waals surface area contributed by atoms with E-state index in [4.69, 9.17) is 4.74 Å². The highest BCUT2D eigenvalue weighted by Crippen LogP contribution is 2.46. The number of fused-ring (bicyclic) bond motifs is 1. The third-order valence-corrected chi connectivity index (χ3v) is 7.86. The van der Waals surface area contributed by atoms with Gasteiger partial charge in [0.1, 0.15) is 11.4 Å². The van der Waals surface area contributed by atoms with E-state index in [0.29, 0.717) is 6.42 Å². The third kappa shape index (κ3) is 3.89. The van der Waals surface area contributed by atoms with Crippen LogP contribution in [0.1, 0.15) is 57.1 Å². The van der Waals surface area contributed by atoms with Crippen molar-refractivity contribution >= 4 is 32.4 Å². The van der Waals surface area contributed by atoms with Gasteiger partial charge >= 0.3 is 0 Å². The molecule has 1 atom stereocenters. The largest absolute Gasteiger partial charge is 0.487 e. The monoisotopic (exact) mass is 422 g/mol.